The SMILES string of the molecule is CCC1CC(C)C2(NC1=O)OC(CC(O)C(C)CCC=CC=C(C)C1CC=CC=CC(O)C(C)C(O)C(CCC(C)=O)C(=O)NC(C(C)C)C(=O)NC(Cc3ccc(C)c(O)c3)C(=O)N3CCCC(N3)C(=O)O1)C(C)C=C2C. The largest absolute Gasteiger partial charge is 0.508 e. The number of phenolic OH excluding ortho intramolecular Hbond substituents is 1. The number of benzene rings is 1. The molecule has 78 heavy (non-hydrogen) atoms. The van der Waals surface area contributed by atoms with Gasteiger partial charge in [0.2, 0.25) is 17.7 Å². The Labute approximate surface area is 462 Å². The molecule has 17 nitrogen and oxygen atoms in total. The number of ketones is 1. The van der Waals surface area contributed by atoms with Gasteiger partial charge in [0.1, 0.15) is 35.8 Å². The first kappa shape index (κ1) is 63.4. The average molecular weight is 1090 g/mol. The van der Waals surface area contributed by atoms with Crippen LogP contribution in [0.2, 0.25) is 0 Å². The summed E-state index contributed by atoms with van der Waals surface area (Å²) < 4.78 is 13.0. The van der Waals surface area contributed by atoms with Crippen molar-refractivity contribution in [1.29, 1.82) is 0 Å². The summed E-state index contributed by atoms with van der Waals surface area (Å²) in [6.45, 7) is 20.5. The predicted molar refractivity (Wildman–Crippen MR) is 299 cm³/mol. The molecule has 1 spiro atoms. The Kier molecular flexibility index (Phi) is 23.7. The van der Waals surface area contributed by atoms with Crippen molar-refractivity contribution in [2.45, 2.75) is 201 Å². The number of nitrogens with zero attached hydrogens (tertiary/aromatic N) is 1. The Morgan fingerprint density at radius 3 is 2.40 bits per heavy atom. The molecule has 432 valence electrons. The van der Waals surface area contributed by atoms with Gasteiger partial charge < -0.3 is 50.6 Å². The number of aliphatic hydroxyl groups is 3. The topological polar surface area (TPSA) is 253 Å². The summed E-state index contributed by atoms with van der Waals surface area (Å²) in [4.78, 5) is 82.3. The highest BCUT2D eigenvalue weighted by Gasteiger charge is 2.51. The Hall–Kier alpha value is -5.46. The number of piperidine rings is 1. The fourth-order valence-corrected chi connectivity index (χ4v) is 11.0. The third-order valence-corrected chi connectivity index (χ3v) is 16.6. The number of hydrazine groups is 1. The lowest BCUT2D eigenvalue weighted by Crippen LogP contribution is -2.64. The van der Waals surface area contributed by atoms with E-state index in [4.69, 9.17) is 9.47 Å². The molecule has 0 saturated carbocycles. The summed E-state index contributed by atoms with van der Waals surface area (Å²) in [6, 6.07) is 1.61. The molecule has 17 heteroatoms. The molecule has 8 N–H and O–H groups in total. The van der Waals surface area contributed by atoms with Crippen LogP contribution in [0.1, 0.15) is 145 Å². The van der Waals surface area contributed by atoms with Gasteiger partial charge in [-0.3, -0.25) is 29.0 Å². The van der Waals surface area contributed by atoms with Crippen LogP contribution in [-0.4, -0.2) is 122 Å². The van der Waals surface area contributed by atoms with Gasteiger partial charge in [-0.05, 0) is 113 Å². The molecule has 2 bridgehead atoms. The number of Topliss-reactive ketones (excluding diaryl/α,β-unsaturated/α-hetero) is 1. The third-order valence-electron chi connectivity index (χ3n) is 16.6. The molecule has 0 radical (unpaired) electrons. The Morgan fingerprint density at radius 1 is 0.987 bits per heavy atom. The number of cyclic esters (lactones) is 1. The monoisotopic (exact) mass is 1090 g/mol. The number of nitrogens with one attached hydrogen (secondary N) is 4. The maximum absolute atomic E-state index is 14.6. The van der Waals surface area contributed by atoms with Crippen molar-refractivity contribution >= 4 is 35.4 Å². The van der Waals surface area contributed by atoms with Crippen LogP contribution in [0, 0.1) is 48.3 Å². The number of hydrogen-bond donors (Lipinski definition) is 8. The first-order chi connectivity index (χ1) is 36.9. The lowest BCUT2D eigenvalue weighted by Gasteiger charge is -2.51. The number of aryl methyl sites for hydroxylation is 1. The van der Waals surface area contributed by atoms with E-state index in [1.54, 1.807) is 58.1 Å². The highest BCUT2D eigenvalue weighted by molar-refractivity contribution is 5.93. The van der Waals surface area contributed by atoms with Crippen LogP contribution >= 0.6 is 0 Å². The van der Waals surface area contributed by atoms with Crippen molar-refractivity contribution in [3.05, 3.63) is 89.1 Å². The first-order valence-corrected chi connectivity index (χ1v) is 28.4. The van der Waals surface area contributed by atoms with Gasteiger partial charge in [-0.25, -0.2) is 5.43 Å². The number of esters is 1. The minimum Gasteiger partial charge on any atom is -0.508 e. The molecule has 0 aliphatic carbocycles. The molecule has 5 rings (SSSR count). The number of phenols is 1. The second-order valence-corrected chi connectivity index (χ2v) is 23.1. The number of aromatic hydroxyl groups is 1. The number of carbonyl (C=O) groups excluding carboxylic acids is 6. The summed E-state index contributed by atoms with van der Waals surface area (Å²) in [5, 5.41) is 55.1. The van der Waals surface area contributed by atoms with Crippen molar-refractivity contribution < 1.29 is 58.7 Å². The number of ether oxygens (including phenoxy) is 2. The van der Waals surface area contributed by atoms with E-state index in [0.717, 1.165) is 24.0 Å². The van der Waals surface area contributed by atoms with Crippen LogP contribution in [-0.2, 0) is 44.7 Å². The quantitative estimate of drug-likeness (QED) is 0.0520. The second-order valence-electron chi connectivity index (χ2n) is 23.1. The Morgan fingerprint density at radius 2 is 1.72 bits per heavy atom. The van der Waals surface area contributed by atoms with Crippen molar-refractivity contribution in [2.24, 2.45) is 41.4 Å². The average Bonchev–Trinajstić information content (AvgIpc) is 3.48. The molecule has 4 amide bonds. The fourth-order valence-electron chi connectivity index (χ4n) is 11.0. The molecule has 2 fully saturated rings. The van der Waals surface area contributed by atoms with E-state index in [9.17, 15) is 49.2 Å². The van der Waals surface area contributed by atoms with Crippen LogP contribution in [0.15, 0.2) is 78.0 Å². The number of fused-ring (bicyclic) bond motifs is 2. The van der Waals surface area contributed by atoms with Gasteiger partial charge in [0, 0.05) is 55.9 Å². The van der Waals surface area contributed by atoms with Crippen molar-refractivity contribution in [3.8, 4) is 5.75 Å². The van der Waals surface area contributed by atoms with Gasteiger partial charge >= 0.3 is 5.97 Å². The number of amides is 4. The zero-order valence-corrected chi connectivity index (χ0v) is 48.0. The minimum absolute atomic E-state index is 0.00485. The molecule has 4 aliphatic rings. The van der Waals surface area contributed by atoms with Crippen molar-refractivity contribution in [2.75, 3.05) is 6.54 Å². The number of allylic oxidation sites excluding steroid dienone is 5. The number of carbonyl (C=O) groups is 6. The van der Waals surface area contributed by atoms with Gasteiger partial charge in [-0.15, -0.1) is 0 Å². The van der Waals surface area contributed by atoms with E-state index in [1.807, 2.05) is 45.9 Å². The van der Waals surface area contributed by atoms with E-state index < -0.39 is 89.7 Å². The summed E-state index contributed by atoms with van der Waals surface area (Å²) in [6.07, 6.45) is 14.4. The summed E-state index contributed by atoms with van der Waals surface area (Å²) in [7, 11) is 0. The fraction of sp³-hybridized carbons (Fsp3) is 0.639. The molecule has 4 heterocycles. The van der Waals surface area contributed by atoms with E-state index in [1.165, 1.54) is 24.1 Å². The molecule has 1 aromatic carbocycles. The van der Waals surface area contributed by atoms with Crippen LogP contribution in [0.4, 0.5) is 0 Å². The third kappa shape index (κ3) is 16.8. The number of hydrogen-bond acceptors (Lipinski definition) is 13. The zero-order valence-electron chi connectivity index (χ0n) is 48.0. The summed E-state index contributed by atoms with van der Waals surface area (Å²) >= 11 is 0. The predicted octanol–water partition coefficient (Wildman–Crippen LogP) is 6.67. The maximum atomic E-state index is 14.6. The summed E-state index contributed by atoms with van der Waals surface area (Å²) in [5.74, 6) is -5.26. The van der Waals surface area contributed by atoms with Gasteiger partial charge in [-0.1, -0.05) is 109 Å². The molecule has 1 aromatic rings. The van der Waals surface area contributed by atoms with Gasteiger partial charge in [0.25, 0.3) is 5.91 Å². The number of rotatable bonds is 15. The van der Waals surface area contributed by atoms with Crippen LogP contribution in [0.3, 0.4) is 0 Å². The smallest absolute Gasteiger partial charge is 0.325 e. The molecule has 15 unspecified atom stereocenters. The summed E-state index contributed by atoms with van der Waals surface area (Å²) in [5.41, 5.74) is 5.07. The van der Waals surface area contributed by atoms with Crippen molar-refractivity contribution in [1.82, 2.24) is 26.4 Å². The maximum Gasteiger partial charge on any atom is 0.325 e. The van der Waals surface area contributed by atoms with Crippen LogP contribution in [0.25, 0.3) is 0 Å². The lowest BCUT2D eigenvalue weighted by molar-refractivity contribution is -0.179. The first-order valence-electron chi connectivity index (χ1n) is 28.4. The highest BCUT2D eigenvalue weighted by Crippen LogP contribution is 2.43. The lowest BCUT2D eigenvalue weighted by atomic mass is 9.75. The van der Waals surface area contributed by atoms with Crippen molar-refractivity contribution in [3.63, 3.8) is 0 Å². The minimum atomic E-state index is -1.43. The number of aliphatic hydroxyl groups excluding tert-OH is 3. The molecule has 0 aromatic heterocycles. The second kappa shape index (κ2) is 29.1. The molecular weight excluding hydrogens is 995 g/mol. The molecular formula is C61H91N5O12. The highest BCUT2D eigenvalue weighted by atomic mass is 16.5. The van der Waals surface area contributed by atoms with E-state index in [-0.39, 0.29) is 79.4 Å². The normalized spacial score (nSPS) is 32.1. The Balaban J connectivity index is 1.35. The van der Waals surface area contributed by atoms with E-state index in [2.05, 4.69) is 41.3 Å². The van der Waals surface area contributed by atoms with E-state index >= 15 is 0 Å². The van der Waals surface area contributed by atoms with Gasteiger partial charge in [0.15, 0.2) is 5.72 Å². The van der Waals surface area contributed by atoms with E-state index in [0.29, 0.717) is 43.2 Å². The van der Waals surface area contributed by atoms with Crippen LogP contribution < -0.4 is 21.4 Å². The standard InChI is InChI=1S/C61H91N5O12/c1-12-45-31-41(9)61(64-56(45)72)40(8)30-39(7)53(78-61)34-51(70)36(4)20-15-13-16-21-38(6)52-24-18-14-17-23-49(68)43(11)55(71)46(28-26-42(10)67)57(73)63-54(35(2)3)58(74)62-48(32-44-27-25-37(5)50(69)33-44)59(75)66-29-19-22-47(65-66)60(76)77-52/h13-14,16-18,21,23,25,27,30,33,35-36,39,41,43,45-49,51-55,65,68-71H,12,15,19-20,22,24,26,28-29,31-32,34H2,1-11H3,(H,62,74)(H,63,73)(H,64,72). The molecule has 15 atom stereocenters. The molecule has 2 saturated heterocycles. The molecule has 4 aliphatic heterocycles. The van der Waals surface area contributed by atoms with Gasteiger partial charge in [0.05, 0.1) is 30.3 Å². The van der Waals surface area contributed by atoms with Gasteiger partial charge in [-0.2, -0.15) is 0 Å². The Bertz CT molecular complexity index is 2410. The van der Waals surface area contributed by atoms with Crippen LogP contribution in [0.5, 0.6) is 5.75 Å². The zero-order chi connectivity index (χ0) is 57.6.